The molecule has 0 bridgehead atoms. The van der Waals surface area contributed by atoms with Crippen LogP contribution >= 0.6 is 11.5 Å². The van der Waals surface area contributed by atoms with Crippen LogP contribution in [0.2, 0.25) is 0 Å². The first-order chi connectivity index (χ1) is 8.70. The Kier molecular flexibility index (Phi) is 4.28. The maximum Gasteiger partial charge on any atom is 0.123 e. The third kappa shape index (κ3) is 3.05. The molecule has 1 heterocycles. The largest absolute Gasteiger partial charge is 0.496 e. The van der Waals surface area contributed by atoms with Crippen molar-refractivity contribution < 1.29 is 4.74 Å². The highest BCUT2D eigenvalue weighted by Gasteiger charge is 2.11. The number of aryl methyl sites for hydroxylation is 1. The van der Waals surface area contributed by atoms with E-state index in [-0.39, 0.29) is 6.04 Å². The molecule has 0 radical (unpaired) electrons. The lowest BCUT2D eigenvalue weighted by atomic mass is 10.0. The molecule has 2 aromatic rings. The standard InChI is InChI=1S/C13H17N3OS/c1-9-4-5-13(17-3)12(6-9)10(2)14-7-11-8-18-16-15-11/h4-6,8,10,14H,7H2,1-3H3. The van der Waals surface area contributed by atoms with Crippen molar-refractivity contribution in [1.29, 1.82) is 0 Å². The molecule has 0 amide bonds. The van der Waals surface area contributed by atoms with Crippen LogP contribution in [0, 0.1) is 6.92 Å². The SMILES string of the molecule is COc1ccc(C)cc1C(C)NCc1csnn1. The average molecular weight is 263 g/mol. The van der Waals surface area contributed by atoms with Gasteiger partial charge in [0, 0.05) is 23.5 Å². The fourth-order valence-corrected chi connectivity index (χ4v) is 2.27. The summed E-state index contributed by atoms with van der Waals surface area (Å²) in [5, 5.41) is 9.40. The Morgan fingerprint density at radius 3 is 2.94 bits per heavy atom. The zero-order valence-electron chi connectivity index (χ0n) is 10.8. The van der Waals surface area contributed by atoms with Crippen molar-refractivity contribution in [3.63, 3.8) is 0 Å². The second-order valence-electron chi connectivity index (χ2n) is 4.24. The smallest absolute Gasteiger partial charge is 0.123 e. The number of nitrogens with one attached hydrogen (secondary N) is 1. The summed E-state index contributed by atoms with van der Waals surface area (Å²) in [6, 6.07) is 6.42. The second-order valence-corrected chi connectivity index (χ2v) is 4.85. The predicted molar refractivity (Wildman–Crippen MR) is 72.9 cm³/mol. The van der Waals surface area contributed by atoms with Gasteiger partial charge in [-0.1, -0.05) is 22.2 Å². The van der Waals surface area contributed by atoms with Crippen LogP contribution in [-0.2, 0) is 6.54 Å². The normalized spacial score (nSPS) is 12.4. The highest BCUT2D eigenvalue weighted by Crippen LogP contribution is 2.26. The maximum absolute atomic E-state index is 5.39. The number of hydrogen-bond donors (Lipinski definition) is 1. The maximum atomic E-state index is 5.39. The minimum Gasteiger partial charge on any atom is -0.496 e. The van der Waals surface area contributed by atoms with Gasteiger partial charge in [0.25, 0.3) is 0 Å². The van der Waals surface area contributed by atoms with E-state index >= 15 is 0 Å². The first-order valence-electron chi connectivity index (χ1n) is 5.84. The number of rotatable bonds is 5. The van der Waals surface area contributed by atoms with Gasteiger partial charge in [0.2, 0.25) is 0 Å². The topological polar surface area (TPSA) is 47.0 Å². The Labute approximate surface area is 111 Å². The molecule has 0 aliphatic carbocycles. The van der Waals surface area contributed by atoms with Crippen LogP contribution in [0.1, 0.15) is 29.8 Å². The molecule has 0 aliphatic heterocycles. The molecule has 0 aliphatic rings. The number of aromatic nitrogens is 2. The summed E-state index contributed by atoms with van der Waals surface area (Å²) in [5.41, 5.74) is 3.37. The van der Waals surface area contributed by atoms with Crippen LogP contribution in [0.5, 0.6) is 5.75 Å². The van der Waals surface area contributed by atoms with Crippen LogP contribution in [-0.4, -0.2) is 16.7 Å². The summed E-state index contributed by atoms with van der Waals surface area (Å²) < 4.78 is 9.24. The van der Waals surface area contributed by atoms with E-state index in [1.165, 1.54) is 22.7 Å². The number of methoxy groups -OCH3 is 1. The van der Waals surface area contributed by atoms with E-state index < -0.39 is 0 Å². The second kappa shape index (κ2) is 5.93. The molecule has 1 atom stereocenters. The molecule has 1 unspecified atom stereocenters. The summed E-state index contributed by atoms with van der Waals surface area (Å²) >= 11 is 1.37. The van der Waals surface area contributed by atoms with E-state index in [0.717, 1.165) is 18.0 Å². The van der Waals surface area contributed by atoms with Gasteiger partial charge < -0.3 is 10.1 Å². The molecule has 0 saturated heterocycles. The quantitative estimate of drug-likeness (QED) is 0.901. The third-order valence-electron chi connectivity index (χ3n) is 2.85. The van der Waals surface area contributed by atoms with E-state index in [9.17, 15) is 0 Å². The van der Waals surface area contributed by atoms with Gasteiger partial charge in [-0.05, 0) is 31.4 Å². The summed E-state index contributed by atoms with van der Waals surface area (Å²) in [6.45, 7) is 4.92. The van der Waals surface area contributed by atoms with Crippen LogP contribution in [0.3, 0.4) is 0 Å². The van der Waals surface area contributed by atoms with Crippen molar-refractivity contribution in [3.8, 4) is 5.75 Å². The fourth-order valence-electron chi connectivity index (χ4n) is 1.82. The summed E-state index contributed by atoms with van der Waals surface area (Å²) in [5.74, 6) is 0.914. The predicted octanol–water partition coefficient (Wildman–Crippen LogP) is 2.71. The molecule has 0 spiro atoms. The molecule has 18 heavy (non-hydrogen) atoms. The summed E-state index contributed by atoms with van der Waals surface area (Å²) in [7, 11) is 1.70. The lowest BCUT2D eigenvalue weighted by Crippen LogP contribution is -2.19. The van der Waals surface area contributed by atoms with Crippen molar-refractivity contribution in [2.75, 3.05) is 7.11 Å². The minimum absolute atomic E-state index is 0.210. The van der Waals surface area contributed by atoms with Crippen molar-refractivity contribution in [3.05, 3.63) is 40.4 Å². The van der Waals surface area contributed by atoms with E-state index in [2.05, 4.69) is 40.9 Å². The van der Waals surface area contributed by atoms with E-state index in [1.54, 1.807) is 7.11 Å². The monoisotopic (exact) mass is 263 g/mol. The average Bonchev–Trinajstić information content (AvgIpc) is 2.89. The molecule has 5 heteroatoms. The summed E-state index contributed by atoms with van der Waals surface area (Å²) in [4.78, 5) is 0. The van der Waals surface area contributed by atoms with Crippen LogP contribution in [0.25, 0.3) is 0 Å². The number of hydrogen-bond acceptors (Lipinski definition) is 5. The van der Waals surface area contributed by atoms with Gasteiger partial charge >= 0.3 is 0 Å². The molecular formula is C13H17N3OS. The van der Waals surface area contributed by atoms with Crippen molar-refractivity contribution in [2.45, 2.75) is 26.4 Å². The van der Waals surface area contributed by atoms with Gasteiger partial charge in [-0.3, -0.25) is 0 Å². The molecular weight excluding hydrogens is 246 g/mol. The van der Waals surface area contributed by atoms with Gasteiger partial charge in [0.05, 0.1) is 12.8 Å². The third-order valence-corrected chi connectivity index (χ3v) is 3.40. The Bertz CT molecular complexity index is 499. The Hall–Kier alpha value is -1.46. The van der Waals surface area contributed by atoms with Crippen molar-refractivity contribution >= 4 is 11.5 Å². The molecule has 1 N–H and O–H groups in total. The highest BCUT2D eigenvalue weighted by atomic mass is 32.1. The zero-order chi connectivity index (χ0) is 13.0. The van der Waals surface area contributed by atoms with E-state index in [4.69, 9.17) is 4.74 Å². The van der Waals surface area contributed by atoms with Crippen LogP contribution in [0.15, 0.2) is 23.6 Å². The van der Waals surface area contributed by atoms with Crippen molar-refractivity contribution in [1.82, 2.24) is 14.9 Å². The molecule has 0 saturated carbocycles. The van der Waals surface area contributed by atoms with Gasteiger partial charge in [-0.15, -0.1) is 5.10 Å². The van der Waals surface area contributed by atoms with Crippen LogP contribution in [0.4, 0.5) is 0 Å². The lowest BCUT2D eigenvalue weighted by molar-refractivity contribution is 0.401. The first kappa shape index (κ1) is 13.0. The highest BCUT2D eigenvalue weighted by molar-refractivity contribution is 7.03. The number of ether oxygens (including phenoxy) is 1. The van der Waals surface area contributed by atoms with Gasteiger partial charge in [0.15, 0.2) is 0 Å². The molecule has 1 aromatic carbocycles. The summed E-state index contributed by atoms with van der Waals surface area (Å²) in [6.07, 6.45) is 0. The molecule has 2 rings (SSSR count). The van der Waals surface area contributed by atoms with Crippen molar-refractivity contribution in [2.24, 2.45) is 0 Å². The Morgan fingerprint density at radius 1 is 1.44 bits per heavy atom. The Balaban J connectivity index is 2.08. The molecule has 0 fully saturated rings. The first-order valence-corrected chi connectivity index (χ1v) is 6.68. The van der Waals surface area contributed by atoms with Gasteiger partial charge in [-0.2, -0.15) is 0 Å². The fraction of sp³-hybridized carbons (Fsp3) is 0.385. The number of benzene rings is 1. The lowest BCUT2D eigenvalue weighted by Gasteiger charge is -2.17. The molecule has 4 nitrogen and oxygen atoms in total. The van der Waals surface area contributed by atoms with Gasteiger partial charge in [0.1, 0.15) is 5.75 Å². The van der Waals surface area contributed by atoms with E-state index in [1.807, 2.05) is 11.4 Å². The molecule has 1 aromatic heterocycles. The van der Waals surface area contributed by atoms with Crippen LogP contribution < -0.4 is 10.1 Å². The zero-order valence-corrected chi connectivity index (χ0v) is 11.6. The molecule has 96 valence electrons. The Morgan fingerprint density at radius 2 is 2.28 bits per heavy atom. The van der Waals surface area contributed by atoms with Gasteiger partial charge in [-0.25, -0.2) is 0 Å². The van der Waals surface area contributed by atoms with E-state index in [0.29, 0.717) is 0 Å². The number of nitrogens with zero attached hydrogens (tertiary/aromatic N) is 2. The minimum atomic E-state index is 0.210.